The SMILES string of the molecule is CCC(CC)C(=O)NCCCC=N. The third kappa shape index (κ3) is 5.39. The van der Waals surface area contributed by atoms with E-state index < -0.39 is 0 Å². The largest absolute Gasteiger partial charge is 0.356 e. The molecule has 76 valence electrons. The van der Waals surface area contributed by atoms with E-state index in [0.29, 0.717) is 6.54 Å². The molecule has 0 saturated carbocycles. The number of carbonyl (C=O) groups excluding carboxylic acids is 1. The van der Waals surface area contributed by atoms with E-state index >= 15 is 0 Å². The zero-order chi connectivity index (χ0) is 10.1. The second-order valence-corrected chi connectivity index (χ2v) is 3.15. The van der Waals surface area contributed by atoms with Gasteiger partial charge in [0.05, 0.1) is 0 Å². The van der Waals surface area contributed by atoms with Gasteiger partial charge in [-0.2, -0.15) is 0 Å². The summed E-state index contributed by atoms with van der Waals surface area (Å²) in [5.74, 6) is 0.329. The lowest BCUT2D eigenvalue weighted by molar-refractivity contribution is -0.125. The first kappa shape index (κ1) is 12.1. The van der Waals surface area contributed by atoms with Crippen molar-refractivity contribution in [1.29, 1.82) is 5.41 Å². The van der Waals surface area contributed by atoms with E-state index in [0.717, 1.165) is 25.7 Å². The Morgan fingerprint density at radius 3 is 2.54 bits per heavy atom. The van der Waals surface area contributed by atoms with Crippen LogP contribution in [0.1, 0.15) is 39.5 Å². The van der Waals surface area contributed by atoms with Crippen LogP contribution < -0.4 is 5.32 Å². The van der Waals surface area contributed by atoms with E-state index in [-0.39, 0.29) is 11.8 Å². The molecule has 0 aromatic heterocycles. The van der Waals surface area contributed by atoms with Gasteiger partial charge in [0.1, 0.15) is 0 Å². The first-order valence-corrected chi connectivity index (χ1v) is 5.02. The predicted molar refractivity (Wildman–Crippen MR) is 55.1 cm³/mol. The highest BCUT2D eigenvalue weighted by atomic mass is 16.1. The Hall–Kier alpha value is -0.860. The third-order valence-corrected chi connectivity index (χ3v) is 2.18. The molecule has 0 aromatic carbocycles. The molecule has 1 amide bonds. The molecule has 0 radical (unpaired) electrons. The van der Waals surface area contributed by atoms with Crippen molar-refractivity contribution in [3.63, 3.8) is 0 Å². The lowest BCUT2D eigenvalue weighted by Crippen LogP contribution is -2.30. The Balaban J connectivity index is 3.54. The molecule has 0 aliphatic rings. The van der Waals surface area contributed by atoms with Gasteiger partial charge in [-0.05, 0) is 31.9 Å². The molecule has 0 aliphatic heterocycles. The molecule has 3 nitrogen and oxygen atoms in total. The van der Waals surface area contributed by atoms with Gasteiger partial charge in [0, 0.05) is 12.5 Å². The number of amides is 1. The van der Waals surface area contributed by atoms with Gasteiger partial charge in [-0.1, -0.05) is 13.8 Å². The third-order valence-electron chi connectivity index (χ3n) is 2.18. The van der Waals surface area contributed by atoms with E-state index in [1.54, 1.807) is 0 Å². The molecule has 13 heavy (non-hydrogen) atoms. The summed E-state index contributed by atoms with van der Waals surface area (Å²) in [6.07, 6.45) is 4.82. The van der Waals surface area contributed by atoms with Crippen LogP contribution in [0.5, 0.6) is 0 Å². The monoisotopic (exact) mass is 184 g/mol. The lowest BCUT2D eigenvalue weighted by atomic mass is 10.0. The minimum absolute atomic E-state index is 0.162. The average molecular weight is 184 g/mol. The van der Waals surface area contributed by atoms with Gasteiger partial charge in [-0.3, -0.25) is 4.79 Å². The van der Waals surface area contributed by atoms with Crippen LogP contribution in [-0.2, 0) is 4.79 Å². The van der Waals surface area contributed by atoms with Crippen molar-refractivity contribution in [2.24, 2.45) is 5.92 Å². The highest BCUT2D eigenvalue weighted by Gasteiger charge is 2.12. The summed E-state index contributed by atoms with van der Waals surface area (Å²) in [6.45, 7) is 4.77. The van der Waals surface area contributed by atoms with Gasteiger partial charge >= 0.3 is 0 Å². The number of nitrogens with one attached hydrogen (secondary N) is 2. The molecule has 0 saturated heterocycles. The maximum absolute atomic E-state index is 11.4. The Labute approximate surface area is 80.4 Å². The molecule has 0 aliphatic carbocycles. The number of carbonyl (C=O) groups is 1. The molecule has 0 rings (SSSR count). The minimum Gasteiger partial charge on any atom is -0.356 e. The predicted octanol–water partition coefficient (Wildman–Crippen LogP) is 1.97. The fraction of sp³-hybridized carbons (Fsp3) is 0.800. The summed E-state index contributed by atoms with van der Waals surface area (Å²) in [7, 11) is 0. The number of hydrogen-bond donors (Lipinski definition) is 2. The standard InChI is InChI=1S/C10H20N2O/c1-3-9(4-2)10(13)12-8-6-5-7-11/h7,9,11H,3-6,8H2,1-2H3,(H,12,13). The van der Waals surface area contributed by atoms with Crippen molar-refractivity contribution in [3.8, 4) is 0 Å². The average Bonchev–Trinajstić information content (AvgIpc) is 2.14. The molecule has 2 N–H and O–H groups in total. The fourth-order valence-corrected chi connectivity index (χ4v) is 1.22. The molecule has 0 atom stereocenters. The highest BCUT2D eigenvalue weighted by Crippen LogP contribution is 2.06. The van der Waals surface area contributed by atoms with Crippen LogP contribution in [0.2, 0.25) is 0 Å². The zero-order valence-electron chi connectivity index (χ0n) is 8.60. The van der Waals surface area contributed by atoms with E-state index in [2.05, 4.69) is 5.32 Å². The second kappa shape index (κ2) is 7.77. The molecular formula is C10H20N2O. The van der Waals surface area contributed by atoms with Crippen LogP contribution in [0.25, 0.3) is 0 Å². The van der Waals surface area contributed by atoms with E-state index in [4.69, 9.17) is 5.41 Å². The van der Waals surface area contributed by atoms with E-state index in [9.17, 15) is 4.79 Å². The normalized spacial score (nSPS) is 10.1. The molecule has 0 spiro atoms. The molecule has 0 fully saturated rings. The molecule has 3 heteroatoms. The van der Waals surface area contributed by atoms with Gasteiger partial charge in [-0.15, -0.1) is 0 Å². The van der Waals surface area contributed by atoms with Crippen LogP contribution in [0.4, 0.5) is 0 Å². The quantitative estimate of drug-likeness (QED) is 0.461. The fourth-order valence-electron chi connectivity index (χ4n) is 1.22. The summed E-state index contributed by atoms with van der Waals surface area (Å²) in [5, 5.41) is 9.68. The summed E-state index contributed by atoms with van der Waals surface area (Å²) < 4.78 is 0. The van der Waals surface area contributed by atoms with Crippen molar-refractivity contribution in [3.05, 3.63) is 0 Å². The molecular weight excluding hydrogens is 164 g/mol. The summed E-state index contributed by atoms with van der Waals surface area (Å²) in [6, 6.07) is 0. The van der Waals surface area contributed by atoms with Crippen LogP contribution in [0.15, 0.2) is 0 Å². The van der Waals surface area contributed by atoms with Crippen molar-refractivity contribution in [2.75, 3.05) is 6.54 Å². The van der Waals surface area contributed by atoms with Crippen molar-refractivity contribution in [2.45, 2.75) is 39.5 Å². The van der Waals surface area contributed by atoms with Crippen LogP contribution in [-0.4, -0.2) is 18.7 Å². The Bertz CT molecular complexity index is 153. The van der Waals surface area contributed by atoms with E-state index in [1.807, 2.05) is 13.8 Å². The van der Waals surface area contributed by atoms with Gasteiger partial charge in [0.15, 0.2) is 0 Å². The minimum atomic E-state index is 0.162. The lowest BCUT2D eigenvalue weighted by Gasteiger charge is -2.11. The van der Waals surface area contributed by atoms with Crippen molar-refractivity contribution < 1.29 is 4.79 Å². The Morgan fingerprint density at radius 1 is 1.46 bits per heavy atom. The van der Waals surface area contributed by atoms with Gasteiger partial charge in [0.25, 0.3) is 0 Å². The number of unbranched alkanes of at least 4 members (excludes halogenated alkanes) is 1. The molecule has 0 unspecified atom stereocenters. The van der Waals surface area contributed by atoms with Crippen molar-refractivity contribution in [1.82, 2.24) is 5.32 Å². The molecule has 0 bridgehead atoms. The first-order chi connectivity index (χ1) is 6.26. The Morgan fingerprint density at radius 2 is 2.08 bits per heavy atom. The maximum atomic E-state index is 11.4. The van der Waals surface area contributed by atoms with Crippen LogP contribution in [0, 0.1) is 11.3 Å². The summed E-state index contributed by atoms with van der Waals surface area (Å²) in [5.41, 5.74) is 0. The second-order valence-electron chi connectivity index (χ2n) is 3.15. The summed E-state index contributed by atoms with van der Waals surface area (Å²) >= 11 is 0. The van der Waals surface area contributed by atoms with E-state index in [1.165, 1.54) is 6.21 Å². The zero-order valence-corrected chi connectivity index (χ0v) is 8.60. The van der Waals surface area contributed by atoms with Gasteiger partial charge in [0.2, 0.25) is 5.91 Å². The highest BCUT2D eigenvalue weighted by molar-refractivity contribution is 5.78. The topological polar surface area (TPSA) is 53.0 Å². The maximum Gasteiger partial charge on any atom is 0.223 e. The van der Waals surface area contributed by atoms with Crippen molar-refractivity contribution >= 4 is 12.1 Å². The van der Waals surface area contributed by atoms with Gasteiger partial charge < -0.3 is 10.7 Å². The Kier molecular flexibility index (Phi) is 7.26. The molecule has 0 heterocycles. The summed E-state index contributed by atoms with van der Waals surface area (Å²) in [4.78, 5) is 11.4. The first-order valence-electron chi connectivity index (χ1n) is 5.02. The van der Waals surface area contributed by atoms with Crippen LogP contribution in [0.3, 0.4) is 0 Å². The number of hydrogen-bond acceptors (Lipinski definition) is 2. The smallest absolute Gasteiger partial charge is 0.223 e. The van der Waals surface area contributed by atoms with Gasteiger partial charge in [-0.25, -0.2) is 0 Å². The molecule has 0 aromatic rings. The van der Waals surface area contributed by atoms with Crippen LogP contribution >= 0.6 is 0 Å². The number of rotatable bonds is 7.